The highest BCUT2D eigenvalue weighted by atomic mass is 32.2. The summed E-state index contributed by atoms with van der Waals surface area (Å²) in [6.45, 7) is 7.78. The predicted octanol–water partition coefficient (Wildman–Crippen LogP) is 3.95. The highest BCUT2D eigenvalue weighted by Crippen LogP contribution is 2.41. The molecule has 1 aliphatic rings. The molecule has 1 saturated heterocycles. The maximum absolute atomic E-state index is 14.1. The molecule has 0 spiro atoms. The first-order valence-electron chi connectivity index (χ1n) is 14.1. The summed E-state index contributed by atoms with van der Waals surface area (Å²) in [7, 11) is 0. The van der Waals surface area contributed by atoms with Crippen molar-refractivity contribution in [3.63, 3.8) is 0 Å². The molecule has 1 fully saturated rings. The van der Waals surface area contributed by atoms with Crippen molar-refractivity contribution < 1.29 is 24.6 Å². The quantitative estimate of drug-likeness (QED) is 0.208. The third kappa shape index (κ3) is 6.38. The number of Topliss-reactive ketones (excluding diaryl/α,β-unsaturated/α-hetero) is 1. The fraction of sp³-hybridized carbons (Fsp3) is 0.364. The highest BCUT2D eigenvalue weighted by Gasteiger charge is 2.54. The number of nitrogens with one attached hydrogen (secondary N) is 1. The molecule has 1 aliphatic heterocycles. The minimum Gasteiger partial charge on any atom is -0.508 e. The zero-order valence-corrected chi connectivity index (χ0v) is 25.3. The molecule has 222 valence electrons. The van der Waals surface area contributed by atoms with Gasteiger partial charge < -0.3 is 20.4 Å². The van der Waals surface area contributed by atoms with Crippen LogP contribution in [0.2, 0.25) is 0 Å². The van der Waals surface area contributed by atoms with Crippen molar-refractivity contribution in [1.29, 1.82) is 0 Å². The van der Waals surface area contributed by atoms with Gasteiger partial charge in [0, 0.05) is 22.4 Å². The van der Waals surface area contributed by atoms with Gasteiger partial charge in [0.25, 0.3) is 5.91 Å². The van der Waals surface area contributed by atoms with Crippen LogP contribution in [0.1, 0.15) is 53.4 Å². The Labute approximate surface area is 251 Å². The first-order chi connectivity index (χ1) is 19.9. The number of rotatable bonds is 10. The van der Waals surface area contributed by atoms with Crippen LogP contribution in [0.15, 0.2) is 72.8 Å². The molecular formula is C33H39N3O5S. The lowest BCUT2D eigenvalue weighted by molar-refractivity contribution is -0.158. The molecule has 0 bridgehead atoms. The van der Waals surface area contributed by atoms with Gasteiger partial charge in [-0.3, -0.25) is 20.1 Å². The Morgan fingerprint density at radius 2 is 1.74 bits per heavy atom. The Bertz CT molecular complexity index is 1460. The number of hydrogen-bond acceptors (Lipinski definition) is 7. The second-order valence-electron chi connectivity index (χ2n) is 11.3. The molecule has 5 N–H and O–H groups in total. The van der Waals surface area contributed by atoms with Gasteiger partial charge in [-0.05, 0) is 56.4 Å². The maximum Gasteiger partial charge on any atom is 0.271 e. The van der Waals surface area contributed by atoms with E-state index in [2.05, 4.69) is 5.32 Å². The third-order valence-corrected chi connectivity index (χ3v) is 9.39. The summed E-state index contributed by atoms with van der Waals surface area (Å²) in [4.78, 5) is 43.1. The number of aromatic hydroxyl groups is 1. The van der Waals surface area contributed by atoms with Crippen LogP contribution >= 0.6 is 11.8 Å². The molecule has 0 aromatic heterocycles. The number of benzene rings is 3. The van der Waals surface area contributed by atoms with Crippen LogP contribution in [-0.2, 0) is 29.0 Å². The molecule has 0 saturated carbocycles. The Balaban J connectivity index is 1.67. The standard InChI is InChI=1S/C33H39N3O5S/c1-5-24-25(16-11-17-27(24)37)28(38)26(18-22-13-7-6-8-14-22)33(34,41)31(40)36-20-42-32(3,4)29(36)30(39)35-19-23-15-10-9-12-21(23)2/h6-17,26,29,37,41H,5,18-20,34H2,1-4H3,(H,35,39)/t26-,29?,33+/m1/s1. The van der Waals surface area contributed by atoms with E-state index in [4.69, 9.17) is 5.73 Å². The zero-order chi connectivity index (χ0) is 30.7. The van der Waals surface area contributed by atoms with Gasteiger partial charge in [-0.25, -0.2) is 0 Å². The number of phenols is 1. The van der Waals surface area contributed by atoms with Crippen LogP contribution in [0.3, 0.4) is 0 Å². The van der Waals surface area contributed by atoms with Crippen LogP contribution < -0.4 is 11.1 Å². The summed E-state index contributed by atoms with van der Waals surface area (Å²) < 4.78 is -0.679. The van der Waals surface area contributed by atoms with Crippen LogP contribution in [0, 0.1) is 12.8 Å². The second kappa shape index (κ2) is 12.7. The smallest absolute Gasteiger partial charge is 0.271 e. The predicted molar refractivity (Wildman–Crippen MR) is 165 cm³/mol. The lowest BCUT2D eigenvalue weighted by atomic mass is 9.80. The fourth-order valence-electron chi connectivity index (χ4n) is 5.53. The number of thioether (sulfide) groups is 1. The molecular weight excluding hydrogens is 550 g/mol. The zero-order valence-electron chi connectivity index (χ0n) is 24.5. The van der Waals surface area contributed by atoms with Gasteiger partial charge in [0.05, 0.1) is 11.8 Å². The van der Waals surface area contributed by atoms with Crippen LogP contribution in [-0.4, -0.2) is 55.1 Å². The maximum atomic E-state index is 14.1. The van der Waals surface area contributed by atoms with E-state index in [-0.39, 0.29) is 36.1 Å². The average Bonchev–Trinajstić information content (AvgIpc) is 3.29. The van der Waals surface area contributed by atoms with E-state index in [9.17, 15) is 24.6 Å². The summed E-state index contributed by atoms with van der Waals surface area (Å²) in [5.41, 5.74) is 7.13. The lowest BCUT2D eigenvalue weighted by Crippen LogP contribution is -2.65. The van der Waals surface area contributed by atoms with Gasteiger partial charge in [-0.15, -0.1) is 11.8 Å². The molecule has 0 aliphatic carbocycles. The van der Waals surface area contributed by atoms with Crippen LogP contribution in [0.4, 0.5) is 0 Å². The molecule has 3 aromatic carbocycles. The summed E-state index contributed by atoms with van der Waals surface area (Å²) in [5, 5.41) is 25.2. The molecule has 0 radical (unpaired) electrons. The van der Waals surface area contributed by atoms with Gasteiger partial charge >= 0.3 is 0 Å². The number of carbonyl (C=O) groups excluding carboxylic acids is 3. The fourth-order valence-corrected chi connectivity index (χ4v) is 6.66. The number of amides is 2. The summed E-state index contributed by atoms with van der Waals surface area (Å²) >= 11 is 1.40. The highest BCUT2D eigenvalue weighted by molar-refractivity contribution is 8.00. The minimum atomic E-state index is -2.64. The van der Waals surface area contributed by atoms with E-state index < -0.39 is 34.1 Å². The molecule has 8 nitrogen and oxygen atoms in total. The number of carbonyl (C=O) groups is 3. The van der Waals surface area contributed by atoms with E-state index >= 15 is 0 Å². The van der Waals surface area contributed by atoms with Gasteiger partial charge in [0.15, 0.2) is 5.78 Å². The topological polar surface area (TPSA) is 133 Å². The number of hydrogen-bond donors (Lipinski definition) is 4. The third-order valence-electron chi connectivity index (χ3n) is 8.01. The van der Waals surface area contributed by atoms with Gasteiger partial charge in [0.1, 0.15) is 11.8 Å². The van der Waals surface area contributed by atoms with Gasteiger partial charge in [-0.2, -0.15) is 0 Å². The first-order valence-corrected chi connectivity index (χ1v) is 15.0. The number of nitrogens with zero attached hydrogens (tertiary/aromatic N) is 1. The SMILES string of the molecule is CCc1c(O)cccc1C(=O)[C@@H](Cc1ccccc1)[C@](N)(O)C(=O)N1CSC(C)(C)C1C(=O)NCc1ccccc1C. The summed E-state index contributed by atoms with van der Waals surface area (Å²) in [6, 6.07) is 20.4. The largest absolute Gasteiger partial charge is 0.508 e. The molecule has 3 atom stereocenters. The van der Waals surface area contributed by atoms with E-state index in [1.807, 2.05) is 58.0 Å². The van der Waals surface area contributed by atoms with Crippen molar-refractivity contribution in [2.45, 2.75) is 63.6 Å². The first kappa shape index (κ1) is 31.3. The minimum absolute atomic E-state index is 0.0221. The second-order valence-corrected chi connectivity index (χ2v) is 12.9. The summed E-state index contributed by atoms with van der Waals surface area (Å²) in [6.07, 6.45) is 0.342. The molecule has 42 heavy (non-hydrogen) atoms. The summed E-state index contributed by atoms with van der Waals surface area (Å²) in [5.74, 6) is -3.14. The van der Waals surface area contributed by atoms with Gasteiger partial charge in [-0.1, -0.05) is 73.7 Å². The number of aryl methyl sites for hydroxylation is 1. The van der Waals surface area contributed by atoms with Crippen molar-refractivity contribution in [3.05, 3.63) is 101 Å². The van der Waals surface area contributed by atoms with Crippen molar-refractivity contribution in [2.75, 3.05) is 5.88 Å². The number of nitrogens with two attached hydrogens (primary N) is 1. The molecule has 4 rings (SSSR count). The van der Waals surface area contributed by atoms with Crippen LogP contribution in [0.5, 0.6) is 5.75 Å². The van der Waals surface area contributed by atoms with Gasteiger partial charge in [0.2, 0.25) is 11.6 Å². The Morgan fingerprint density at radius 1 is 1.07 bits per heavy atom. The van der Waals surface area contributed by atoms with E-state index in [1.165, 1.54) is 22.7 Å². The normalized spacial score (nSPS) is 18.2. The molecule has 1 unspecified atom stereocenters. The Hall–Kier alpha value is -3.66. The van der Waals surface area contributed by atoms with Crippen molar-refractivity contribution in [3.8, 4) is 5.75 Å². The molecule has 2 amide bonds. The van der Waals surface area contributed by atoms with E-state index in [1.54, 1.807) is 36.4 Å². The Kier molecular flexibility index (Phi) is 9.45. The van der Waals surface area contributed by atoms with Crippen molar-refractivity contribution in [1.82, 2.24) is 10.2 Å². The van der Waals surface area contributed by atoms with Crippen molar-refractivity contribution in [2.24, 2.45) is 11.7 Å². The average molecular weight is 590 g/mol. The number of ketones is 1. The van der Waals surface area contributed by atoms with E-state index in [0.29, 0.717) is 17.5 Å². The monoisotopic (exact) mass is 589 g/mol. The molecule has 9 heteroatoms. The van der Waals surface area contributed by atoms with E-state index in [0.717, 1.165) is 11.1 Å². The van der Waals surface area contributed by atoms with Crippen LogP contribution in [0.25, 0.3) is 0 Å². The number of phenolic OH excluding ortho intramolecular Hbond substituents is 1. The number of aliphatic hydroxyl groups is 1. The van der Waals surface area contributed by atoms with Crippen molar-refractivity contribution >= 4 is 29.4 Å². The molecule has 3 aromatic rings. The lowest BCUT2D eigenvalue weighted by Gasteiger charge is -2.37. The Morgan fingerprint density at radius 3 is 2.40 bits per heavy atom. The molecule has 1 heterocycles.